The number of rotatable bonds is 11. The summed E-state index contributed by atoms with van der Waals surface area (Å²) < 4.78 is 5.66. The second-order valence-electron chi connectivity index (χ2n) is 9.93. The van der Waals surface area contributed by atoms with Crippen molar-refractivity contribution in [2.45, 2.75) is 45.6 Å². The molecule has 1 unspecified atom stereocenters. The van der Waals surface area contributed by atoms with Crippen molar-refractivity contribution in [3.05, 3.63) is 59.7 Å². The van der Waals surface area contributed by atoms with Crippen molar-refractivity contribution in [3.8, 4) is 11.1 Å². The Balaban J connectivity index is 1.55. The van der Waals surface area contributed by atoms with Crippen LogP contribution in [0.3, 0.4) is 0 Å². The fourth-order valence-electron chi connectivity index (χ4n) is 4.44. The highest BCUT2D eigenvalue weighted by Gasteiger charge is 2.30. The van der Waals surface area contributed by atoms with Crippen LogP contribution in [-0.2, 0) is 14.3 Å². The maximum Gasteiger partial charge on any atom is 0.407 e. The average Bonchev–Trinajstić information content (AvgIpc) is 3.10. The van der Waals surface area contributed by atoms with E-state index in [0.29, 0.717) is 18.7 Å². The highest BCUT2D eigenvalue weighted by Crippen LogP contribution is 2.44. The van der Waals surface area contributed by atoms with Crippen LogP contribution in [0.25, 0.3) is 11.1 Å². The third-order valence-electron chi connectivity index (χ3n) is 5.75. The number of fused-ring (bicyclic) bond motifs is 3. The van der Waals surface area contributed by atoms with Crippen LogP contribution in [0.1, 0.15) is 50.7 Å². The Kier molecular flexibility index (Phi) is 9.20. The lowest BCUT2D eigenvalue weighted by molar-refractivity contribution is -0.133. The van der Waals surface area contributed by atoms with E-state index in [1.165, 1.54) is 22.9 Å². The van der Waals surface area contributed by atoms with Gasteiger partial charge in [-0.15, -0.1) is 11.8 Å². The number of alkyl carbamates (subject to hydrolysis) is 1. The highest BCUT2D eigenvalue weighted by atomic mass is 32.2. The van der Waals surface area contributed by atoms with E-state index in [4.69, 9.17) is 9.84 Å². The molecule has 1 atom stereocenters. The molecule has 0 spiro atoms. The van der Waals surface area contributed by atoms with Gasteiger partial charge < -0.3 is 20.5 Å². The summed E-state index contributed by atoms with van der Waals surface area (Å²) >= 11 is 1.25. The van der Waals surface area contributed by atoms with Gasteiger partial charge in [0.15, 0.2) is 0 Å². The predicted octanol–water partition coefficient (Wildman–Crippen LogP) is 4.65. The minimum absolute atomic E-state index is 0.00581. The number of carbonyl (C=O) groups excluding carboxylic acids is 2. The molecule has 3 rings (SSSR count). The summed E-state index contributed by atoms with van der Waals surface area (Å²) in [5, 5.41) is 14.4. The van der Waals surface area contributed by atoms with Gasteiger partial charge >= 0.3 is 12.1 Å². The van der Waals surface area contributed by atoms with Crippen molar-refractivity contribution in [3.63, 3.8) is 0 Å². The molecule has 0 aromatic heterocycles. The lowest BCUT2D eigenvalue weighted by atomic mass is 9.87. The van der Waals surface area contributed by atoms with Crippen molar-refractivity contribution in [2.24, 2.45) is 5.41 Å². The number of thioether (sulfide) groups is 1. The van der Waals surface area contributed by atoms with Gasteiger partial charge in [0.1, 0.15) is 6.61 Å². The molecule has 0 radical (unpaired) electrons. The molecule has 8 heteroatoms. The molecule has 0 fully saturated rings. The van der Waals surface area contributed by atoms with Crippen molar-refractivity contribution in [1.82, 2.24) is 10.6 Å². The van der Waals surface area contributed by atoms with Gasteiger partial charge in [0.25, 0.3) is 0 Å². The summed E-state index contributed by atoms with van der Waals surface area (Å²) in [5.41, 5.74) is 4.53. The third-order valence-corrected chi connectivity index (χ3v) is 6.69. The molecular formula is C27H34N2O5S. The molecule has 2 amide bonds. The number of hydrogen-bond acceptors (Lipinski definition) is 5. The summed E-state index contributed by atoms with van der Waals surface area (Å²) in [4.78, 5) is 35.7. The first-order chi connectivity index (χ1) is 16.6. The van der Waals surface area contributed by atoms with Crippen molar-refractivity contribution >= 4 is 29.7 Å². The van der Waals surface area contributed by atoms with Crippen molar-refractivity contribution < 1.29 is 24.2 Å². The molecule has 188 valence electrons. The molecule has 7 nitrogen and oxygen atoms in total. The van der Waals surface area contributed by atoms with Crippen LogP contribution in [0.4, 0.5) is 4.79 Å². The van der Waals surface area contributed by atoms with E-state index in [1.807, 2.05) is 24.3 Å². The fraction of sp³-hybridized carbons (Fsp3) is 0.444. The maximum atomic E-state index is 12.7. The van der Waals surface area contributed by atoms with Crippen molar-refractivity contribution in [1.29, 1.82) is 0 Å². The standard InChI is InChI=1S/C27H34N2O5S/c1-27(2,3)15-18(14-24(30)28-12-13-35-17-25(31)32)29-26(33)34-16-23-21-10-6-4-8-19(21)20-9-5-7-11-22(20)23/h4-11,18,23H,12-17H2,1-3H3,(H,28,30)(H,29,33)(H,31,32). The van der Waals surface area contributed by atoms with Gasteiger partial charge in [-0.1, -0.05) is 69.3 Å². The molecule has 0 bridgehead atoms. The Morgan fingerprint density at radius 3 is 2.20 bits per heavy atom. The van der Waals surface area contributed by atoms with E-state index in [1.54, 1.807) is 0 Å². The van der Waals surface area contributed by atoms with Gasteiger partial charge in [-0.2, -0.15) is 0 Å². The molecule has 35 heavy (non-hydrogen) atoms. The Morgan fingerprint density at radius 1 is 1.03 bits per heavy atom. The van der Waals surface area contributed by atoms with Gasteiger partial charge in [-0.25, -0.2) is 4.79 Å². The number of carbonyl (C=O) groups is 3. The quantitative estimate of drug-likeness (QED) is 0.390. The largest absolute Gasteiger partial charge is 0.481 e. The molecular weight excluding hydrogens is 464 g/mol. The number of benzene rings is 2. The fourth-order valence-corrected chi connectivity index (χ4v) is 5.00. The number of amides is 2. The molecule has 1 aliphatic carbocycles. The van der Waals surface area contributed by atoms with Crippen LogP contribution in [0, 0.1) is 5.41 Å². The van der Waals surface area contributed by atoms with Gasteiger partial charge in [0.05, 0.1) is 5.75 Å². The van der Waals surface area contributed by atoms with E-state index in [2.05, 4.69) is 55.7 Å². The number of hydrogen-bond donors (Lipinski definition) is 3. The molecule has 0 aliphatic heterocycles. The van der Waals surface area contributed by atoms with Gasteiger partial charge in [0, 0.05) is 30.7 Å². The first-order valence-electron chi connectivity index (χ1n) is 11.8. The molecule has 2 aromatic rings. The Morgan fingerprint density at radius 2 is 1.63 bits per heavy atom. The SMILES string of the molecule is CC(C)(C)CC(CC(=O)NCCSCC(=O)O)NC(=O)OCC1c2ccccc2-c2ccccc21. The lowest BCUT2D eigenvalue weighted by Crippen LogP contribution is -2.42. The van der Waals surface area contributed by atoms with Crippen LogP contribution in [0.2, 0.25) is 0 Å². The van der Waals surface area contributed by atoms with Crippen molar-refractivity contribution in [2.75, 3.05) is 24.7 Å². The van der Waals surface area contributed by atoms with E-state index in [9.17, 15) is 14.4 Å². The molecule has 3 N–H and O–H groups in total. The molecule has 0 heterocycles. The van der Waals surface area contributed by atoms with Crippen LogP contribution >= 0.6 is 11.8 Å². The van der Waals surface area contributed by atoms with E-state index in [0.717, 1.165) is 11.1 Å². The van der Waals surface area contributed by atoms with Crippen LogP contribution < -0.4 is 10.6 Å². The van der Waals surface area contributed by atoms with Crippen LogP contribution in [-0.4, -0.2) is 53.8 Å². The predicted molar refractivity (Wildman–Crippen MR) is 139 cm³/mol. The zero-order valence-electron chi connectivity index (χ0n) is 20.5. The van der Waals surface area contributed by atoms with Crippen LogP contribution in [0.15, 0.2) is 48.5 Å². The first kappa shape index (κ1) is 26.6. The Labute approximate surface area is 211 Å². The number of carboxylic acid groups (broad SMARTS) is 1. The second kappa shape index (κ2) is 12.1. The monoisotopic (exact) mass is 498 g/mol. The van der Waals surface area contributed by atoms with Gasteiger partial charge in [-0.3, -0.25) is 9.59 Å². The zero-order valence-corrected chi connectivity index (χ0v) is 21.3. The van der Waals surface area contributed by atoms with E-state index >= 15 is 0 Å². The minimum atomic E-state index is -0.876. The Hall–Kier alpha value is -3.00. The zero-order chi connectivity index (χ0) is 25.4. The molecule has 0 saturated heterocycles. The number of carboxylic acids is 1. The summed E-state index contributed by atoms with van der Waals surface area (Å²) in [5.74, 6) is -0.568. The number of ether oxygens (including phenoxy) is 1. The topological polar surface area (TPSA) is 105 Å². The maximum absolute atomic E-state index is 12.7. The van der Waals surface area contributed by atoms with Gasteiger partial charge in [0.2, 0.25) is 5.91 Å². The number of aliphatic carboxylic acids is 1. The smallest absolute Gasteiger partial charge is 0.407 e. The van der Waals surface area contributed by atoms with E-state index in [-0.39, 0.29) is 42.1 Å². The number of nitrogens with one attached hydrogen (secondary N) is 2. The molecule has 2 aromatic carbocycles. The van der Waals surface area contributed by atoms with E-state index < -0.39 is 12.1 Å². The summed E-state index contributed by atoms with van der Waals surface area (Å²) in [6.07, 6.45) is 0.203. The summed E-state index contributed by atoms with van der Waals surface area (Å²) in [6.45, 7) is 6.76. The van der Waals surface area contributed by atoms with Gasteiger partial charge in [-0.05, 0) is 34.1 Å². The summed E-state index contributed by atoms with van der Waals surface area (Å²) in [7, 11) is 0. The Bertz CT molecular complexity index is 1000. The molecule has 0 saturated carbocycles. The second-order valence-corrected chi connectivity index (χ2v) is 11.0. The molecule has 1 aliphatic rings. The highest BCUT2D eigenvalue weighted by molar-refractivity contribution is 7.99. The van der Waals surface area contributed by atoms with Crippen LogP contribution in [0.5, 0.6) is 0 Å². The normalized spacial score (nSPS) is 13.5. The minimum Gasteiger partial charge on any atom is -0.481 e. The summed E-state index contributed by atoms with van der Waals surface area (Å²) in [6, 6.07) is 16.0. The lowest BCUT2D eigenvalue weighted by Gasteiger charge is -2.26. The first-order valence-corrected chi connectivity index (χ1v) is 13.0. The third kappa shape index (κ3) is 8.02. The average molecular weight is 499 g/mol.